The van der Waals surface area contributed by atoms with Gasteiger partial charge < -0.3 is 9.64 Å². The smallest absolute Gasteiger partial charge is 0.305 e. The Morgan fingerprint density at radius 1 is 1.17 bits per heavy atom. The first-order chi connectivity index (χ1) is 8.72. The SMILES string of the molecule is COC(=O)CCCN(C)CCCc1ccccc1. The molecule has 0 aliphatic carbocycles. The fourth-order valence-electron chi connectivity index (χ4n) is 1.90. The predicted molar refractivity (Wildman–Crippen MR) is 73.5 cm³/mol. The van der Waals surface area contributed by atoms with Gasteiger partial charge in [-0.3, -0.25) is 4.79 Å². The van der Waals surface area contributed by atoms with Crippen molar-refractivity contribution >= 4 is 5.97 Å². The van der Waals surface area contributed by atoms with Crippen molar-refractivity contribution in [2.45, 2.75) is 25.7 Å². The Labute approximate surface area is 110 Å². The van der Waals surface area contributed by atoms with Crippen LogP contribution in [0.15, 0.2) is 30.3 Å². The quantitative estimate of drug-likeness (QED) is 0.663. The third-order valence-corrected chi connectivity index (χ3v) is 3.00. The highest BCUT2D eigenvalue weighted by molar-refractivity contribution is 5.69. The Balaban J connectivity index is 2.06. The lowest BCUT2D eigenvalue weighted by molar-refractivity contribution is -0.140. The predicted octanol–water partition coefficient (Wildman–Crippen LogP) is 2.50. The van der Waals surface area contributed by atoms with Gasteiger partial charge in [0.25, 0.3) is 0 Å². The molecule has 18 heavy (non-hydrogen) atoms. The number of carbonyl (C=O) groups excluding carboxylic acids is 1. The van der Waals surface area contributed by atoms with E-state index in [2.05, 4.69) is 40.9 Å². The van der Waals surface area contributed by atoms with Crippen molar-refractivity contribution in [3.63, 3.8) is 0 Å². The lowest BCUT2D eigenvalue weighted by atomic mass is 10.1. The van der Waals surface area contributed by atoms with Gasteiger partial charge in [-0.2, -0.15) is 0 Å². The zero-order chi connectivity index (χ0) is 13.2. The monoisotopic (exact) mass is 249 g/mol. The first-order valence-electron chi connectivity index (χ1n) is 6.51. The van der Waals surface area contributed by atoms with Crippen molar-refractivity contribution in [3.8, 4) is 0 Å². The van der Waals surface area contributed by atoms with E-state index in [0.29, 0.717) is 6.42 Å². The van der Waals surface area contributed by atoms with Gasteiger partial charge >= 0.3 is 5.97 Å². The second kappa shape index (κ2) is 8.70. The molecule has 1 rings (SSSR count). The first kappa shape index (κ1) is 14.7. The number of aryl methyl sites for hydroxylation is 1. The third-order valence-electron chi connectivity index (χ3n) is 3.00. The lowest BCUT2D eigenvalue weighted by Crippen LogP contribution is -2.22. The largest absolute Gasteiger partial charge is 0.469 e. The van der Waals surface area contributed by atoms with Crippen LogP contribution in [0.2, 0.25) is 0 Å². The molecule has 3 heteroatoms. The molecule has 1 aromatic carbocycles. The van der Waals surface area contributed by atoms with Crippen molar-refractivity contribution in [3.05, 3.63) is 35.9 Å². The van der Waals surface area contributed by atoms with Crippen molar-refractivity contribution in [2.24, 2.45) is 0 Å². The summed E-state index contributed by atoms with van der Waals surface area (Å²) in [7, 11) is 3.54. The number of esters is 1. The number of methoxy groups -OCH3 is 1. The fourth-order valence-corrected chi connectivity index (χ4v) is 1.90. The molecular formula is C15H23NO2. The molecule has 0 aliphatic rings. The van der Waals surface area contributed by atoms with Crippen LogP contribution in [0.25, 0.3) is 0 Å². The minimum absolute atomic E-state index is 0.118. The summed E-state index contributed by atoms with van der Waals surface area (Å²) >= 11 is 0. The summed E-state index contributed by atoms with van der Waals surface area (Å²) in [5.41, 5.74) is 1.39. The summed E-state index contributed by atoms with van der Waals surface area (Å²) in [4.78, 5) is 13.2. The number of ether oxygens (including phenoxy) is 1. The molecule has 0 fully saturated rings. The molecule has 0 atom stereocenters. The summed E-state index contributed by atoms with van der Waals surface area (Å²) in [5.74, 6) is -0.118. The zero-order valence-electron chi connectivity index (χ0n) is 11.4. The van der Waals surface area contributed by atoms with Crippen LogP contribution in [0.5, 0.6) is 0 Å². The van der Waals surface area contributed by atoms with Gasteiger partial charge in [-0.25, -0.2) is 0 Å². The maximum atomic E-state index is 11.0. The van der Waals surface area contributed by atoms with E-state index in [-0.39, 0.29) is 5.97 Å². The van der Waals surface area contributed by atoms with E-state index in [1.54, 1.807) is 0 Å². The van der Waals surface area contributed by atoms with Gasteiger partial charge in [0, 0.05) is 6.42 Å². The Hall–Kier alpha value is -1.35. The molecule has 0 aromatic heterocycles. The van der Waals surface area contributed by atoms with Crippen molar-refractivity contribution in [1.82, 2.24) is 4.90 Å². The Kier molecular flexibility index (Phi) is 7.11. The number of nitrogens with zero attached hydrogens (tertiary/aromatic N) is 1. The molecule has 0 spiro atoms. The molecule has 0 unspecified atom stereocenters. The molecule has 0 saturated carbocycles. The highest BCUT2D eigenvalue weighted by atomic mass is 16.5. The summed E-state index contributed by atoms with van der Waals surface area (Å²) in [5, 5.41) is 0. The summed E-state index contributed by atoms with van der Waals surface area (Å²) in [6.45, 7) is 2.01. The maximum absolute atomic E-state index is 11.0. The van der Waals surface area contributed by atoms with E-state index >= 15 is 0 Å². The van der Waals surface area contributed by atoms with Crippen LogP contribution in [0.1, 0.15) is 24.8 Å². The highest BCUT2D eigenvalue weighted by Gasteiger charge is 2.02. The highest BCUT2D eigenvalue weighted by Crippen LogP contribution is 2.03. The molecule has 100 valence electrons. The van der Waals surface area contributed by atoms with Crippen LogP contribution in [-0.2, 0) is 16.0 Å². The van der Waals surface area contributed by atoms with Gasteiger partial charge in [0.15, 0.2) is 0 Å². The molecular weight excluding hydrogens is 226 g/mol. The average molecular weight is 249 g/mol. The Morgan fingerprint density at radius 2 is 1.83 bits per heavy atom. The minimum Gasteiger partial charge on any atom is -0.469 e. The van der Waals surface area contributed by atoms with Gasteiger partial charge in [0.2, 0.25) is 0 Å². The molecule has 0 amide bonds. The van der Waals surface area contributed by atoms with E-state index in [4.69, 9.17) is 0 Å². The maximum Gasteiger partial charge on any atom is 0.305 e. The average Bonchev–Trinajstić information content (AvgIpc) is 2.39. The molecule has 1 aromatic rings. The molecule has 0 heterocycles. The topological polar surface area (TPSA) is 29.5 Å². The standard InChI is InChI=1S/C15H23NO2/c1-16(13-7-11-15(17)18-2)12-6-10-14-8-4-3-5-9-14/h3-5,8-9H,6-7,10-13H2,1-2H3. The molecule has 0 N–H and O–H groups in total. The zero-order valence-corrected chi connectivity index (χ0v) is 11.4. The van der Waals surface area contributed by atoms with E-state index in [1.165, 1.54) is 12.7 Å². The van der Waals surface area contributed by atoms with Gasteiger partial charge in [0.1, 0.15) is 0 Å². The lowest BCUT2D eigenvalue weighted by Gasteiger charge is -2.15. The summed E-state index contributed by atoms with van der Waals surface area (Å²) in [6, 6.07) is 10.5. The number of hydrogen-bond acceptors (Lipinski definition) is 3. The molecule has 0 aliphatic heterocycles. The summed E-state index contributed by atoms with van der Waals surface area (Å²) < 4.78 is 4.61. The van der Waals surface area contributed by atoms with Crippen molar-refractivity contribution < 1.29 is 9.53 Å². The summed E-state index contributed by atoms with van der Waals surface area (Å²) in [6.07, 6.45) is 3.65. The number of carbonyl (C=O) groups is 1. The van der Waals surface area contributed by atoms with Gasteiger partial charge in [-0.1, -0.05) is 30.3 Å². The molecule has 3 nitrogen and oxygen atoms in total. The van der Waals surface area contributed by atoms with E-state index < -0.39 is 0 Å². The molecule has 0 saturated heterocycles. The van der Waals surface area contributed by atoms with Crippen LogP contribution in [-0.4, -0.2) is 38.1 Å². The van der Waals surface area contributed by atoms with Crippen molar-refractivity contribution in [1.29, 1.82) is 0 Å². The Bertz CT molecular complexity index is 338. The van der Waals surface area contributed by atoms with Crippen LogP contribution < -0.4 is 0 Å². The van der Waals surface area contributed by atoms with Gasteiger partial charge in [-0.15, -0.1) is 0 Å². The first-order valence-corrected chi connectivity index (χ1v) is 6.51. The van der Waals surface area contributed by atoms with Crippen LogP contribution >= 0.6 is 0 Å². The molecule has 0 bridgehead atoms. The van der Waals surface area contributed by atoms with Crippen LogP contribution in [0, 0.1) is 0 Å². The van der Waals surface area contributed by atoms with Gasteiger partial charge in [0.05, 0.1) is 7.11 Å². The number of rotatable bonds is 8. The van der Waals surface area contributed by atoms with Crippen molar-refractivity contribution in [2.75, 3.05) is 27.2 Å². The second-order valence-corrected chi connectivity index (χ2v) is 4.57. The van der Waals surface area contributed by atoms with E-state index in [0.717, 1.165) is 32.4 Å². The van der Waals surface area contributed by atoms with E-state index in [1.807, 2.05) is 6.07 Å². The molecule has 0 radical (unpaired) electrons. The van der Waals surface area contributed by atoms with Gasteiger partial charge in [-0.05, 0) is 45.0 Å². The second-order valence-electron chi connectivity index (χ2n) is 4.57. The van der Waals surface area contributed by atoms with Crippen LogP contribution in [0.3, 0.4) is 0 Å². The normalized spacial score (nSPS) is 10.6. The number of benzene rings is 1. The third kappa shape index (κ3) is 6.40. The Morgan fingerprint density at radius 3 is 2.50 bits per heavy atom. The number of hydrogen-bond donors (Lipinski definition) is 0. The minimum atomic E-state index is -0.118. The van der Waals surface area contributed by atoms with E-state index in [9.17, 15) is 4.79 Å². The fraction of sp³-hybridized carbons (Fsp3) is 0.533. The van der Waals surface area contributed by atoms with Crippen LogP contribution in [0.4, 0.5) is 0 Å².